The van der Waals surface area contributed by atoms with E-state index in [9.17, 15) is 0 Å². The van der Waals surface area contributed by atoms with Crippen molar-refractivity contribution in [2.45, 2.75) is 51.5 Å². The monoisotopic (exact) mass is 277 g/mol. The Morgan fingerprint density at radius 3 is 2.60 bits per heavy atom. The van der Waals surface area contributed by atoms with Gasteiger partial charge in [0.1, 0.15) is 5.69 Å². The lowest BCUT2D eigenvalue weighted by molar-refractivity contribution is 0.145. The molecule has 0 aromatic carbocycles. The van der Waals surface area contributed by atoms with Crippen LogP contribution >= 0.6 is 0 Å². The SMILES string of the molecule is CNC1CC(C)CCC1C(C)(C)c1nccnc1OC. The number of ether oxygens (including phenoxy) is 1. The van der Waals surface area contributed by atoms with Gasteiger partial charge in [0.2, 0.25) is 5.88 Å². The van der Waals surface area contributed by atoms with Gasteiger partial charge in [-0.15, -0.1) is 0 Å². The molecule has 2 rings (SSSR count). The average molecular weight is 277 g/mol. The average Bonchev–Trinajstić information content (AvgIpc) is 2.46. The van der Waals surface area contributed by atoms with Crippen LogP contribution in [0, 0.1) is 11.8 Å². The topological polar surface area (TPSA) is 47.0 Å². The van der Waals surface area contributed by atoms with E-state index in [0.29, 0.717) is 17.8 Å². The van der Waals surface area contributed by atoms with Gasteiger partial charge in [0.15, 0.2) is 0 Å². The zero-order valence-electron chi connectivity index (χ0n) is 13.3. The molecule has 0 spiro atoms. The Morgan fingerprint density at radius 2 is 1.95 bits per heavy atom. The molecule has 4 nitrogen and oxygen atoms in total. The number of nitrogens with zero attached hydrogens (tertiary/aromatic N) is 2. The van der Waals surface area contributed by atoms with E-state index in [0.717, 1.165) is 11.6 Å². The van der Waals surface area contributed by atoms with Crippen molar-refractivity contribution in [1.82, 2.24) is 15.3 Å². The van der Waals surface area contributed by atoms with Crippen LogP contribution in [0.15, 0.2) is 12.4 Å². The first-order valence-corrected chi connectivity index (χ1v) is 7.53. The van der Waals surface area contributed by atoms with Crippen LogP contribution in [0.1, 0.15) is 45.7 Å². The van der Waals surface area contributed by atoms with E-state index in [1.54, 1.807) is 19.5 Å². The Balaban J connectivity index is 2.33. The molecule has 0 aliphatic heterocycles. The van der Waals surface area contributed by atoms with Crippen molar-refractivity contribution in [3.8, 4) is 5.88 Å². The number of rotatable bonds is 4. The maximum Gasteiger partial charge on any atom is 0.235 e. The van der Waals surface area contributed by atoms with Crippen LogP contribution in [0.25, 0.3) is 0 Å². The number of hydrogen-bond acceptors (Lipinski definition) is 4. The summed E-state index contributed by atoms with van der Waals surface area (Å²) in [6.45, 7) is 6.88. The number of aromatic nitrogens is 2. The highest BCUT2D eigenvalue weighted by Crippen LogP contribution is 2.43. The van der Waals surface area contributed by atoms with Gasteiger partial charge in [0.25, 0.3) is 0 Å². The Morgan fingerprint density at radius 1 is 1.25 bits per heavy atom. The minimum Gasteiger partial charge on any atom is -0.480 e. The minimum absolute atomic E-state index is 0.0482. The molecule has 4 heteroatoms. The lowest BCUT2D eigenvalue weighted by Gasteiger charge is -2.44. The molecule has 20 heavy (non-hydrogen) atoms. The van der Waals surface area contributed by atoms with Gasteiger partial charge < -0.3 is 10.1 Å². The van der Waals surface area contributed by atoms with E-state index < -0.39 is 0 Å². The van der Waals surface area contributed by atoms with Gasteiger partial charge in [0.05, 0.1) is 7.11 Å². The Hall–Kier alpha value is -1.16. The lowest BCUT2D eigenvalue weighted by atomic mass is 9.65. The van der Waals surface area contributed by atoms with Crippen molar-refractivity contribution < 1.29 is 4.74 Å². The standard InChI is InChI=1S/C16H27N3O/c1-11-6-7-12(13(10-11)17-4)16(2,3)14-15(20-5)19-9-8-18-14/h8-9,11-13,17H,6-7,10H2,1-5H3. The molecule has 3 unspecified atom stereocenters. The summed E-state index contributed by atoms with van der Waals surface area (Å²) in [5.74, 6) is 2.00. The molecule has 0 saturated heterocycles. The Bertz CT molecular complexity index is 447. The van der Waals surface area contributed by atoms with Gasteiger partial charge in [-0.3, -0.25) is 4.98 Å². The van der Waals surface area contributed by atoms with E-state index >= 15 is 0 Å². The summed E-state index contributed by atoms with van der Waals surface area (Å²) in [6, 6.07) is 0.528. The van der Waals surface area contributed by atoms with Gasteiger partial charge in [-0.1, -0.05) is 27.2 Å². The van der Waals surface area contributed by atoms with Crippen molar-refractivity contribution in [2.75, 3.05) is 14.2 Å². The highest BCUT2D eigenvalue weighted by Gasteiger charge is 2.42. The molecular weight excluding hydrogens is 250 g/mol. The first-order chi connectivity index (χ1) is 9.50. The number of nitrogens with one attached hydrogen (secondary N) is 1. The van der Waals surface area contributed by atoms with Crippen LogP contribution in [0.2, 0.25) is 0 Å². The van der Waals surface area contributed by atoms with Crippen molar-refractivity contribution in [3.63, 3.8) is 0 Å². The van der Waals surface area contributed by atoms with Gasteiger partial charge in [-0.25, -0.2) is 4.98 Å². The molecule has 1 saturated carbocycles. The van der Waals surface area contributed by atoms with Crippen LogP contribution in [0.4, 0.5) is 0 Å². The van der Waals surface area contributed by atoms with E-state index in [1.807, 2.05) is 0 Å². The molecule has 1 heterocycles. The lowest BCUT2D eigenvalue weighted by Crippen LogP contribution is -2.47. The smallest absolute Gasteiger partial charge is 0.235 e. The van der Waals surface area contributed by atoms with Crippen LogP contribution < -0.4 is 10.1 Å². The van der Waals surface area contributed by atoms with Crippen LogP contribution in [0.3, 0.4) is 0 Å². The van der Waals surface area contributed by atoms with E-state index in [4.69, 9.17) is 4.74 Å². The van der Waals surface area contributed by atoms with Crippen molar-refractivity contribution in [2.24, 2.45) is 11.8 Å². The Labute approximate surface area is 122 Å². The second-order valence-electron chi connectivity index (χ2n) is 6.56. The molecule has 1 aromatic heterocycles. The molecule has 1 N–H and O–H groups in total. The first-order valence-electron chi connectivity index (χ1n) is 7.53. The highest BCUT2D eigenvalue weighted by atomic mass is 16.5. The Kier molecular flexibility index (Phi) is 4.63. The molecule has 1 aromatic rings. The molecule has 0 radical (unpaired) electrons. The molecule has 0 amide bonds. The first kappa shape index (κ1) is 15.2. The molecule has 0 bridgehead atoms. The summed E-state index contributed by atoms with van der Waals surface area (Å²) in [5.41, 5.74) is 0.926. The van der Waals surface area contributed by atoms with Gasteiger partial charge >= 0.3 is 0 Å². The van der Waals surface area contributed by atoms with E-state index in [2.05, 4.69) is 43.1 Å². The summed E-state index contributed by atoms with van der Waals surface area (Å²) in [6.07, 6.45) is 7.19. The summed E-state index contributed by atoms with van der Waals surface area (Å²) >= 11 is 0. The zero-order chi connectivity index (χ0) is 14.8. The molecule has 1 fully saturated rings. The predicted octanol–water partition coefficient (Wildman–Crippen LogP) is 2.79. The summed E-state index contributed by atoms with van der Waals surface area (Å²) in [7, 11) is 3.74. The van der Waals surface area contributed by atoms with Gasteiger partial charge in [-0.2, -0.15) is 0 Å². The minimum atomic E-state index is -0.0482. The second-order valence-corrected chi connectivity index (χ2v) is 6.56. The fourth-order valence-electron chi connectivity index (χ4n) is 3.66. The quantitative estimate of drug-likeness (QED) is 0.919. The third-order valence-electron chi connectivity index (χ3n) is 4.88. The molecule has 3 atom stereocenters. The van der Waals surface area contributed by atoms with Crippen LogP contribution in [0.5, 0.6) is 5.88 Å². The fourth-order valence-corrected chi connectivity index (χ4v) is 3.66. The molecule has 1 aliphatic rings. The van der Waals surface area contributed by atoms with Crippen LogP contribution in [-0.4, -0.2) is 30.2 Å². The third kappa shape index (κ3) is 2.80. The van der Waals surface area contributed by atoms with Gasteiger partial charge in [0, 0.05) is 23.9 Å². The zero-order valence-corrected chi connectivity index (χ0v) is 13.3. The van der Waals surface area contributed by atoms with Crippen molar-refractivity contribution in [1.29, 1.82) is 0 Å². The van der Waals surface area contributed by atoms with Crippen molar-refractivity contribution in [3.05, 3.63) is 18.1 Å². The summed E-state index contributed by atoms with van der Waals surface area (Å²) < 4.78 is 5.42. The molecule has 1 aliphatic carbocycles. The summed E-state index contributed by atoms with van der Waals surface area (Å²) in [5, 5.41) is 3.51. The maximum absolute atomic E-state index is 5.42. The number of hydrogen-bond donors (Lipinski definition) is 1. The third-order valence-corrected chi connectivity index (χ3v) is 4.88. The van der Waals surface area contributed by atoms with Crippen molar-refractivity contribution >= 4 is 0 Å². The number of methoxy groups -OCH3 is 1. The molecule has 112 valence electrons. The second kappa shape index (κ2) is 6.08. The van der Waals surface area contributed by atoms with E-state index in [1.165, 1.54) is 19.3 Å². The largest absolute Gasteiger partial charge is 0.480 e. The summed E-state index contributed by atoms with van der Waals surface area (Å²) in [4.78, 5) is 8.89. The predicted molar refractivity (Wildman–Crippen MR) is 81.0 cm³/mol. The maximum atomic E-state index is 5.42. The fraction of sp³-hybridized carbons (Fsp3) is 0.750. The molecular formula is C16H27N3O. The normalized spacial score (nSPS) is 27.4. The van der Waals surface area contributed by atoms with E-state index in [-0.39, 0.29) is 5.41 Å². The van der Waals surface area contributed by atoms with Crippen LogP contribution in [-0.2, 0) is 5.41 Å². The van der Waals surface area contributed by atoms with Gasteiger partial charge in [-0.05, 0) is 31.7 Å². The highest BCUT2D eigenvalue weighted by molar-refractivity contribution is 5.27.